The van der Waals surface area contributed by atoms with Crippen molar-refractivity contribution in [2.45, 2.75) is 12.8 Å². The fraction of sp³-hybridized carbons (Fsp3) is 0.833. The summed E-state index contributed by atoms with van der Waals surface area (Å²) >= 11 is 5.33. The highest BCUT2D eigenvalue weighted by Gasteiger charge is 1.97. The molecular formula is C6H11ClFNO. The van der Waals surface area contributed by atoms with Crippen LogP contribution in [0.25, 0.3) is 0 Å². The van der Waals surface area contributed by atoms with E-state index in [1.165, 1.54) is 0 Å². The molecule has 0 radical (unpaired) electrons. The van der Waals surface area contributed by atoms with Gasteiger partial charge in [-0.1, -0.05) is 0 Å². The maximum Gasteiger partial charge on any atom is 0.220 e. The van der Waals surface area contributed by atoms with E-state index in [2.05, 4.69) is 5.32 Å². The second kappa shape index (κ2) is 6.81. The molecule has 0 aliphatic rings. The fourth-order valence-corrected chi connectivity index (χ4v) is 0.636. The first kappa shape index (κ1) is 9.69. The van der Waals surface area contributed by atoms with Crippen LogP contribution in [0.3, 0.4) is 0 Å². The van der Waals surface area contributed by atoms with Crippen LogP contribution in [0, 0.1) is 0 Å². The molecule has 0 aromatic carbocycles. The maximum atomic E-state index is 11.4. The van der Waals surface area contributed by atoms with Gasteiger partial charge < -0.3 is 5.32 Å². The van der Waals surface area contributed by atoms with Crippen molar-refractivity contribution >= 4 is 17.5 Å². The van der Waals surface area contributed by atoms with Gasteiger partial charge in [0, 0.05) is 18.8 Å². The summed E-state index contributed by atoms with van der Waals surface area (Å²) in [6.07, 6.45) is 1.04. The second-order valence-electron chi connectivity index (χ2n) is 1.83. The molecule has 0 saturated heterocycles. The van der Waals surface area contributed by atoms with E-state index in [1.54, 1.807) is 0 Å². The average molecular weight is 168 g/mol. The van der Waals surface area contributed by atoms with Crippen molar-refractivity contribution in [3.8, 4) is 0 Å². The number of alkyl halides is 2. The molecule has 1 amide bonds. The zero-order valence-corrected chi connectivity index (χ0v) is 6.46. The standard InChI is InChI=1S/C6H11ClFNO/c7-3-1-2-6(10)9-5-4-8/h1-5H2,(H,9,10). The summed E-state index contributed by atoms with van der Waals surface area (Å²) in [7, 11) is 0. The smallest absolute Gasteiger partial charge is 0.220 e. The lowest BCUT2D eigenvalue weighted by Gasteiger charge is -1.99. The minimum Gasteiger partial charge on any atom is -0.353 e. The number of carbonyl (C=O) groups excluding carboxylic acids is 1. The fourth-order valence-electron chi connectivity index (χ4n) is 0.502. The molecule has 0 aromatic rings. The highest BCUT2D eigenvalue weighted by molar-refractivity contribution is 6.17. The van der Waals surface area contributed by atoms with Gasteiger partial charge in [-0.25, -0.2) is 4.39 Å². The van der Waals surface area contributed by atoms with Crippen LogP contribution < -0.4 is 5.32 Å². The van der Waals surface area contributed by atoms with Crippen molar-refractivity contribution < 1.29 is 9.18 Å². The third-order valence-electron chi connectivity index (χ3n) is 0.954. The van der Waals surface area contributed by atoms with E-state index >= 15 is 0 Å². The van der Waals surface area contributed by atoms with E-state index in [9.17, 15) is 9.18 Å². The summed E-state index contributed by atoms with van der Waals surface area (Å²) in [6, 6.07) is 0. The number of hydrogen-bond acceptors (Lipinski definition) is 1. The van der Waals surface area contributed by atoms with Crippen LogP contribution in [0.5, 0.6) is 0 Å². The summed E-state index contributed by atoms with van der Waals surface area (Å²) in [5.41, 5.74) is 0. The predicted octanol–water partition coefficient (Wildman–Crippen LogP) is 1.09. The lowest BCUT2D eigenvalue weighted by molar-refractivity contribution is -0.121. The molecule has 10 heavy (non-hydrogen) atoms. The van der Waals surface area contributed by atoms with E-state index in [0.717, 1.165) is 0 Å². The zero-order chi connectivity index (χ0) is 7.82. The predicted molar refractivity (Wildman–Crippen MR) is 38.9 cm³/mol. The summed E-state index contributed by atoms with van der Waals surface area (Å²) in [5.74, 6) is 0.349. The molecule has 0 atom stereocenters. The van der Waals surface area contributed by atoms with Gasteiger partial charge in [-0.2, -0.15) is 0 Å². The Bertz CT molecular complexity index is 89.7. The molecule has 60 valence electrons. The Morgan fingerprint density at radius 2 is 2.30 bits per heavy atom. The van der Waals surface area contributed by atoms with Crippen LogP contribution in [-0.2, 0) is 4.79 Å². The van der Waals surface area contributed by atoms with E-state index < -0.39 is 6.67 Å². The molecule has 0 aliphatic carbocycles. The molecule has 0 spiro atoms. The van der Waals surface area contributed by atoms with E-state index in [-0.39, 0.29) is 12.5 Å². The highest BCUT2D eigenvalue weighted by atomic mass is 35.5. The van der Waals surface area contributed by atoms with Crippen LogP contribution in [0.1, 0.15) is 12.8 Å². The lowest BCUT2D eigenvalue weighted by atomic mass is 10.3. The van der Waals surface area contributed by atoms with Crippen LogP contribution in [0.4, 0.5) is 4.39 Å². The number of hydrogen-bond donors (Lipinski definition) is 1. The summed E-state index contributed by atoms with van der Waals surface area (Å²) in [6.45, 7) is -0.395. The molecule has 0 rings (SSSR count). The first-order valence-electron chi connectivity index (χ1n) is 3.20. The highest BCUT2D eigenvalue weighted by Crippen LogP contribution is 1.90. The Labute approximate surface area is 64.7 Å². The minimum atomic E-state index is -0.507. The lowest BCUT2D eigenvalue weighted by Crippen LogP contribution is -2.25. The van der Waals surface area contributed by atoms with Crippen LogP contribution in [0.15, 0.2) is 0 Å². The van der Waals surface area contributed by atoms with Gasteiger partial charge in [-0.15, -0.1) is 11.6 Å². The molecule has 4 heteroatoms. The van der Waals surface area contributed by atoms with Gasteiger partial charge in [-0.05, 0) is 6.42 Å². The molecule has 0 fully saturated rings. The largest absolute Gasteiger partial charge is 0.353 e. The summed E-state index contributed by atoms with van der Waals surface area (Å²) in [5, 5.41) is 2.39. The molecule has 0 heterocycles. The number of amides is 1. The monoisotopic (exact) mass is 167 g/mol. The molecule has 0 unspecified atom stereocenters. The first-order chi connectivity index (χ1) is 4.81. The van der Waals surface area contributed by atoms with Crippen LogP contribution in [-0.4, -0.2) is 25.0 Å². The van der Waals surface area contributed by atoms with Gasteiger partial charge in [0.1, 0.15) is 6.67 Å². The zero-order valence-electron chi connectivity index (χ0n) is 5.70. The number of carbonyl (C=O) groups is 1. The molecule has 0 aliphatic heterocycles. The van der Waals surface area contributed by atoms with Crippen molar-refractivity contribution in [2.24, 2.45) is 0 Å². The Morgan fingerprint density at radius 3 is 2.80 bits per heavy atom. The van der Waals surface area contributed by atoms with Gasteiger partial charge in [0.2, 0.25) is 5.91 Å². The van der Waals surface area contributed by atoms with Gasteiger partial charge >= 0.3 is 0 Å². The average Bonchev–Trinajstić information content (AvgIpc) is 1.97. The van der Waals surface area contributed by atoms with Crippen LogP contribution >= 0.6 is 11.6 Å². The van der Waals surface area contributed by atoms with Crippen molar-refractivity contribution in [2.75, 3.05) is 19.1 Å². The van der Waals surface area contributed by atoms with Gasteiger partial charge in [0.05, 0.1) is 0 Å². The van der Waals surface area contributed by atoms with E-state index in [1.807, 2.05) is 0 Å². The normalized spacial score (nSPS) is 9.40. The van der Waals surface area contributed by atoms with E-state index in [4.69, 9.17) is 11.6 Å². The summed E-state index contributed by atoms with van der Waals surface area (Å²) in [4.78, 5) is 10.6. The quantitative estimate of drug-likeness (QED) is 0.611. The Hall–Kier alpha value is -0.310. The SMILES string of the molecule is O=C(CCCCl)NCCF. The van der Waals surface area contributed by atoms with Crippen molar-refractivity contribution in [3.05, 3.63) is 0 Å². The topological polar surface area (TPSA) is 29.1 Å². The van der Waals surface area contributed by atoms with E-state index in [0.29, 0.717) is 18.7 Å². The number of nitrogens with one attached hydrogen (secondary N) is 1. The molecule has 1 N–H and O–H groups in total. The summed E-state index contributed by atoms with van der Waals surface area (Å²) < 4.78 is 11.4. The Kier molecular flexibility index (Phi) is 6.59. The van der Waals surface area contributed by atoms with Crippen molar-refractivity contribution in [1.82, 2.24) is 5.32 Å². The first-order valence-corrected chi connectivity index (χ1v) is 3.73. The van der Waals surface area contributed by atoms with Gasteiger partial charge in [-0.3, -0.25) is 4.79 Å². The molecular weight excluding hydrogens is 157 g/mol. The van der Waals surface area contributed by atoms with Gasteiger partial charge in [0.25, 0.3) is 0 Å². The van der Waals surface area contributed by atoms with Crippen LogP contribution in [0.2, 0.25) is 0 Å². The third-order valence-corrected chi connectivity index (χ3v) is 1.22. The van der Waals surface area contributed by atoms with Gasteiger partial charge in [0.15, 0.2) is 0 Å². The molecule has 0 bridgehead atoms. The number of rotatable bonds is 5. The van der Waals surface area contributed by atoms with Crippen molar-refractivity contribution in [1.29, 1.82) is 0 Å². The second-order valence-corrected chi connectivity index (χ2v) is 2.21. The minimum absolute atomic E-state index is 0.112. The molecule has 0 saturated carbocycles. The number of halogens is 2. The molecule has 0 aromatic heterocycles. The maximum absolute atomic E-state index is 11.4. The Balaban J connectivity index is 3.09. The third kappa shape index (κ3) is 5.82. The Morgan fingerprint density at radius 1 is 1.60 bits per heavy atom. The molecule has 2 nitrogen and oxygen atoms in total. The van der Waals surface area contributed by atoms with Crippen molar-refractivity contribution in [3.63, 3.8) is 0 Å².